The summed E-state index contributed by atoms with van der Waals surface area (Å²) in [5.41, 5.74) is 0.816. The summed E-state index contributed by atoms with van der Waals surface area (Å²) in [7, 11) is -1.48. The lowest BCUT2D eigenvalue weighted by atomic mass is 10.1. The van der Waals surface area contributed by atoms with Gasteiger partial charge in [0.05, 0.1) is 24.8 Å². The van der Waals surface area contributed by atoms with Crippen LogP contribution < -0.4 is 19.1 Å². The predicted molar refractivity (Wildman–Crippen MR) is 160 cm³/mol. The van der Waals surface area contributed by atoms with Crippen LogP contribution in [0.1, 0.15) is 25.8 Å². The van der Waals surface area contributed by atoms with Crippen LogP contribution in [-0.4, -0.2) is 58.5 Å². The maximum atomic E-state index is 14.0. The van der Waals surface area contributed by atoms with Gasteiger partial charge in [-0.25, -0.2) is 8.42 Å². The van der Waals surface area contributed by atoms with Gasteiger partial charge < -0.3 is 19.7 Å². The highest BCUT2D eigenvalue weighted by atomic mass is 35.5. The number of sulfonamides is 1. The number of halogens is 2. The molecule has 0 spiro atoms. The third kappa shape index (κ3) is 7.84. The number of methoxy groups -OCH3 is 2. The fourth-order valence-electron chi connectivity index (χ4n) is 4.03. The third-order valence-electron chi connectivity index (χ3n) is 6.35. The number of carbonyl (C=O) groups excluding carboxylic acids is 2. The molecule has 220 valence electrons. The Bertz CT molecular complexity index is 1470. The highest BCUT2D eigenvalue weighted by Gasteiger charge is 2.33. The maximum absolute atomic E-state index is 14.0. The van der Waals surface area contributed by atoms with Crippen molar-refractivity contribution in [1.82, 2.24) is 10.2 Å². The van der Waals surface area contributed by atoms with E-state index in [-0.39, 0.29) is 28.8 Å². The molecule has 9 nitrogen and oxygen atoms in total. The van der Waals surface area contributed by atoms with Gasteiger partial charge in [0.1, 0.15) is 12.6 Å². The molecule has 0 aliphatic heterocycles. The lowest BCUT2D eigenvalue weighted by molar-refractivity contribution is -0.139. The molecule has 0 heterocycles. The van der Waals surface area contributed by atoms with E-state index >= 15 is 0 Å². The minimum Gasteiger partial charge on any atom is -0.493 e. The Morgan fingerprint density at radius 1 is 0.951 bits per heavy atom. The van der Waals surface area contributed by atoms with Crippen LogP contribution in [0.3, 0.4) is 0 Å². The van der Waals surface area contributed by atoms with Crippen molar-refractivity contribution in [2.24, 2.45) is 0 Å². The van der Waals surface area contributed by atoms with Crippen molar-refractivity contribution >= 4 is 50.7 Å². The molecule has 1 atom stereocenters. The van der Waals surface area contributed by atoms with Gasteiger partial charge in [-0.15, -0.1) is 0 Å². The summed E-state index contributed by atoms with van der Waals surface area (Å²) in [4.78, 5) is 28.1. The van der Waals surface area contributed by atoms with Crippen LogP contribution in [0.2, 0.25) is 10.0 Å². The lowest BCUT2D eigenvalue weighted by Crippen LogP contribution is -2.51. The van der Waals surface area contributed by atoms with Gasteiger partial charge in [-0.2, -0.15) is 0 Å². The zero-order chi connectivity index (χ0) is 30.2. The van der Waals surface area contributed by atoms with Crippen LogP contribution in [-0.2, 0) is 26.2 Å². The molecular weight excluding hydrogens is 589 g/mol. The van der Waals surface area contributed by atoms with E-state index in [2.05, 4.69) is 5.32 Å². The number of benzene rings is 3. The smallest absolute Gasteiger partial charge is 0.264 e. The van der Waals surface area contributed by atoms with Crippen LogP contribution >= 0.6 is 23.2 Å². The molecule has 0 saturated heterocycles. The molecule has 0 aromatic heterocycles. The average Bonchev–Trinajstić information content (AvgIpc) is 2.97. The van der Waals surface area contributed by atoms with Crippen molar-refractivity contribution in [3.8, 4) is 11.5 Å². The number of hydrogen-bond acceptors (Lipinski definition) is 6. The molecule has 0 aliphatic carbocycles. The SMILES string of the molecule is CCCNC(=O)[C@H](C)N(Cc1ccccc1Cl)C(=O)CN(c1ccc(Cl)cc1)S(=O)(=O)c1ccc(OC)c(OC)c1. The average molecular weight is 623 g/mol. The summed E-state index contributed by atoms with van der Waals surface area (Å²) in [5, 5.41) is 3.61. The second-order valence-electron chi connectivity index (χ2n) is 9.08. The third-order valence-corrected chi connectivity index (χ3v) is 8.74. The van der Waals surface area contributed by atoms with Gasteiger partial charge >= 0.3 is 0 Å². The number of nitrogens with zero attached hydrogens (tertiary/aromatic N) is 2. The summed E-state index contributed by atoms with van der Waals surface area (Å²) in [5.74, 6) is -0.424. The van der Waals surface area contributed by atoms with Crippen LogP contribution in [0, 0.1) is 0 Å². The molecule has 3 rings (SSSR count). The van der Waals surface area contributed by atoms with Crippen molar-refractivity contribution < 1.29 is 27.5 Å². The molecule has 12 heteroatoms. The maximum Gasteiger partial charge on any atom is 0.264 e. The number of ether oxygens (including phenoxy) is 2. The van der Waals surface area contributed by atoms with E-state index in [0.29, 0.717) is 34.3 Å². The summed E-state index contributed by atoms with van der Waals surface area (Å²) in [6.45, 7) is 3.33. The van der Waals surface area contributed by atoms with Crippen LogP contribution in [0.15, 0.2) is 71.6 Å². The van der Waals surface area contributed by atoms with Crippen molar-refractivity contribution in [2.45, 2.75) is 37.8 Å². The summed E-state index contributed by atoms with van der Waals surface area (Å²) < 4.78 is 39.6. The number of anilines is 1. The van der Waals surface area contributed by atoms with E-state index < -0.39 is 28.5 Å². The first-order valence-corrected chi connectivity index (χ1v) is 15.0. The van der Waals surface area contributed by atoms with Gasteiger partial charge in [0.15, 0.2) is 11.5 Å². The van der Waals surface area contributed by atoms with Gasteiger partial charge in [0.25, 0.3) is 10.0 Å². The van der Waals surface area contributed by atoms with E-state index in [9.17, 15) is 18.0 Å². The van der Waals surface area contributed by atoms with E-state index in [1.54, 1.807) is 31.2 Å². The molecule has 1 N–H and O–H groups in total. The van der Waals surface area contributed by atoms with Crippen molar-refractivity contribution in [1.29, 1.82) is 0 Å². The molecule has 2 amide bonds. The normalized spacial score (nSPS) is 11.9. The zero-order valence-corrected chi connectivity index (χ0v) is 25.6. The lowest BCUT2D eigenvalue weighted by Gasteiger charge is -2.32. The molecule has 41 heavy (non-hydrogen) atoms. The van der Waals surface area contributed by atoms with Crippen LogP contribution in [0.25, 0.3) is 0 Å². The Hall–Kier alpha value is -3.47. The Balaban J connectivity index is 2.07. The molecule has 0 aliphatic rings. The predicted octanol–water partition coefficient (Wildman–Crippen LogP) is 5.15. The largest absolute Gasteiger partial charge is 0.493 e. The quantitative estimate of drug-likeness (QED) is 0.283. The molecule has 0 fully saturated rings. The number of amides is 2. The second-order valence-corrected chi connectivity index (χ2v) is 11.8. The number of hydrogen-bond donors (Lipinski definition) is 1. The highest BCUT2D eigenvalue weighted by Crippen LogP contribution is 2.33. The first-order chi connectivity index (χ1) is 19.5. The highest BCUT2D eigenvalue weighted by molar-refractivity contribution is 7.92. The van der Waals surface area contributed by atoms with E-state index in [1.165, 1.54) is 61.6 Å². The van der Waals surface area contributed by atoms with Crippen molar-refractivity contribution in [3.63, 3.8) is 0 Å². The van der Waals surface area contributed by atoms with E-state index in [4.69, 9.17) is 32.7 Å². The van der Waals surface area contributed by atoms with Crippen molar-refractivity contribution in [3.05, 3.63) is 82.3 Å². The second kappa shape index (κ2) is 14.4. The number of nitrogens with one attached hydrogen (secondary N) is 1. The Kier molecular flexibility index (Phi) is 11.3. The van der Waals surface area contributed by atoms with E-state index in [1.807, 2.05) is 6.92 Å². The van der Waals surface area contributed by atoms with Gasteiger partial charge in [-0.3, -0.25) is 13.9 Å². The monoisotopic (exact) mass is 621 g/mol. The molecule has 3 aromatic rings. The standard InChI is InChI=1S/C29H33Cl2N3O6S/c1-5-16-32-29(36)20(2)33(18-21-8-6-7-9-25(21)31)28(35)19-34(23-12-10-22(30)11-13-23)41(37,38)24-14-15-26(39-3)27(17-24)40-4/h6-15,17,20H,5,16,18-19H2,1-4H3,(H,32,36)/t20-/m0/s1. The molecule has 0 saturated carbocycles. The van der Waals surface area contributed by atoms with Crippen LogP contribution in [0.4, 0.5) is 5.69 Å². The molecule has 0 bridgehead atoms. The topological polar surface area (TPSA) is 105 Å². The Labute approximate surface area is 251 Å². The minimum absolute atomic E-state index is 0.00984. The van der Waals surface area contributed by atoms with Gasteiger partial charge in [0.2, 0.25) is 11.8 Å². The van der Waals surface area contributed by atoms with E-state index in [0.717, 1.165) is 4.31 Å². The molecule has 3 aromatic carbocycles. The van der Waals surface area contributed by atoms with Crippen molar-refractivity contribution in [2.75, 3.05) is 31.6 Å². The summed E-state index contributed by atoms with van der Waals surface area (Å²) in [6, 6.07) is 16.3. The number of rotatable bonds is 13. The molecule has 0 radical (unpaired) electrons. The minimum atomic E-state index is -4.31. The fourth-order valence-corrected chi connectivity index (χ4v) is 5.78. The number of carbonyl (C=O) groups is 2. The zero-order valence-electron chi connectivity index (χ0n) is 23.3. The Morgan fingerprint density at radius 2 is 1.61 bits per heavy atom. The fraction of sp³-hybridized carbons (Fsp3) is 0.310. The van der Waals surface area contributed by atoms with Crippen LogP contribution in [0.5, 0.6) is 11.5 Å². The van der Waals surface area contributed by atoms with Gasteiger partial charge in [-0.1, -0.05) is 48.3 Å². The molecular formula is C29H33Cl2N3O6S. The van der Waals surface area contributed by atoms with Gasteiger partial charge in [-0.05, 0) is 61.4 Å². The molecule has 0 unspecified atom stereocenters. The first-order valence-electron chi connectivity index (χ1n) is 12.8. The Morgan fingerprint density at radius 3 is 2.22 bits per heavy atom. The summed E-state index contributed by atoms with van der Waals surface area (Å²) in [6.07, 6.45) is 0.713. The van der Waals surface area contributed by atoms with Gasteiger partial charge in [0, 0.05) is 29.2 Å². The first kappa shape index (κ1) is 32.0. The summed E-state index contributed by atoms with van der Waals surface area (Å²) >= 11 is 12.5.